The van der Waals surface area contributed by atoms with E-state index in [-0.39, 0.29) is 12.5 Å². The molecule has 0 bridgehead atoms. The summed E-state index contributed by atoms with van der Waals surface area (Å²) in [5, 5.41) is 6.66. The van der Waals surface area contributed by atoms with Gasteiger partial charge < -0.3 is 10.2 Å². The van der Waals surface area contributed by atoms with E-state index in [1.54, 1.807) is 6.21 Å². The van der Waals surface area contributed by atoms with Crippen LogP contribution in [-0.4, -0.2) is 18.7 Å². The fourth-order valence-electron chi connectivity index (χ4n) is 2.09. The first-order chi connectivity index (χ1) is 11.1. The first-order valence-electron chi connectivity index (χ1n) is 7.70. The fourth-order valence-corrected chi connectivity index (χ4v) is 2.09. The van der Waals surface area contributed by atoms with E-state index < -0.39 is 0 Å². The van der Waals surface area contributed by atoms with Crippen LogP contribution in [0.1, 0.15) is 29.2 Å². The van der Waals surface area contributed by atoms with Gasteiger partial charge in [0.05, 0.1) is 6.21 Å². The third kappa shape index (κ3) is 5.25. The van der Waals surface area contributed by atoms with E-state index in [0.717, 1.165) is 28.8 Å². The molecule has 0 aliphatic heterocycles. The molecule has 4 heteroatoms. The van der Waals surface area contributed by atoms with Crippen LogP contribution in [0.2, 0.25) is 0 Å². The van der Waals surface area contributed by atoms with Crippen LogP contribution in [0.3, 0.4) is 0 Å². The molecule has 0 heterocycles. The highest BCUT2D eigenvalue weighted by Crippen LogP contribution is 2.16. The van der Waals surface area contributed by atoms with Gasteiger partial charge in [-0.3, -0.25) is 4.79 Å². The largest absolute Gasteiger partial charge is 0.386 e. The van der Waals surface area contributed by atoms with Crippen LogP contribution < -0.4 is 5.32 Å². The van der Waals surface area contributed by atoms with Crippen LogP contribution in [-0.2, 0) is 16.1 Å². The smallest absolute Gasteiger partial charge is 0.265 e. The standard InChI is InChI=1S/C19H22N2O2/c1-4-16-7-9-17(10-8-16)12-20-23-13-19(22)21-18-11-14(2)5-6-15(18)3/h5-12H,4,13H2,1-3H3,(H,21,22)/b20-12-. The van der Waals surface area contributed by atoms with E-state index in [9.17, 15) is 4.79 Å². The normalized spacial score (nSPS) is 10.7. The van der Waals surface area contributed by atoms with Crippen LogP contribution in [0.25, 0.3) is 0 Å². The number of anilines is 1. The van der Waals surface area contributed by atoms with Crippen molar-refractivity contribution in [3.8, 4) is 0 Å². The van der Waals surface area contributed by atoms with Gasteiger partial charge >= 0.3 is 0 Å². The summed E-state index contributed by atoms with van der Waals surface area (Å²) in [5.41, 5.74) is 5.13. The van der Waals surface area contributed by atoms with Crippen LogP contribution >= 0.6 is 0 Å². The van der Waals surface area contributed by atoms with Crippen molar-refractivity contribution < 1.29 is 9.63 Å². The Kier molecular flexibility index (Phi) is 5.92. The van der Waals surface area contributed by atoms with Crippen molar-refractivity contribution >= 4 is 17.8 Å². The lowest BCUT2D eigenvalue weighted by molar-refractivity contribution is -0.120. The Morgan fingerprint density at radius 1 is 1.17 bits per heavy atom. The number of aryl methyl sites for hydroxylation is 3. The van der Waals surface area contributed by atoms with Gasteiger partial charge in [-0.2, -0.15) is 0 Å². The van der Waals surface area contributed by atoms with Crippen LogP contribution in [0.4, 0.5) is 5.69 Å². The molecular formula is C19H22N2O2. The monoisotopic (exact) mass is 310 g/mol. The molecular weight excluding hydrogens is 288 g/mol. The summed E-state index contributed by atoms with van der Waals surface area (Å²) in [7, 11) is 0. The lowest BCUT2D eigenvalue weighted by Crippen LogP contribution is -2.17. The van der Waals surface area contributed by atoms with Gasteiger partial charge in [0.2, 0.25) is 0 Å². The topological polar surface area (TPSA) is 50.7 Å². The number of rotatable bonds is 6. The Bertz CT molecular complexity index is 691. The summed E-state index contributed by atoms with van der Waals surface area (Å²) in [5.74, 6) is -0.225. The molecule has 0 saturated carbocycles. The molecule has 0 atom stereocenters. The average Bonchev–Trinajstić information content (AvgIpc) is 2.55. The average molecular weight is 310 g/mol. The van der Waals surface area contributed by atoms with Crippen molar-refractivity contribution in [2.24, 2.45) is 5.16 Å². The number of carbonyl (C=O) groups excluding carboxylic acids is 1. The van der Waals surface area contributed by atoms with Crippen LogP contribution in [0, 0.1) is 13.8 Å². The van der Waals surface area contributed by atoms with Crippen molar-refractivity contribution in [2.75, 3.05) is 11.9 Å². The molecule has 0 aliphatic carbocycles. The number of benzene rings is 2. The molecule has 0 spiro atoms. The lowest BCUT2D eigenvalue weighted by atomic mass is 10.1. The van der Waals surface area contributed by atoms with Gasteiger partial charge in [0, 0.05) is 5.69 Å². The Morgan fingerprint density at radius 3 is 2.61 bits per heavy atom. The Morgan fingerprint density at radius 2 is 1.91 bits per heavy atom. The van der Waals surface area contributed by atoms with E-state index in [0.29, 0.717) is 0 Å². The molecule has 0 saturated heterocycles. The van der Waals surface area contributed by atoms with Gasteiger partial charge in [0.15, 0.2) is 6.61 Å². The van der Waals surface area contributed by atoms with Crippen molar-refractivity contribution in [3.63, 3.8) is 0 Å². The Labute approximate surface area is 137 Å². The fraction of sp³-hybridized carbons (Fsp3) is 0.263. The summed E-state index contributed by atoms with van der Waals surface area (Å²) in [4.78, 5) is 16.9. The maximum Gasteiger partial charge on any atom is 0.265 e. The minimum atomic E-state index is -0.225. The number of amides is 1. The first-order valence-corrected chi connectivity index (χ1v) is 7.70. The molecule has 1 N–H and O–H groups in total. The highest BCUT2D eigenvalue weighted by molar-refractivity contribution is 5.92. The molecule has 2 aromatic carbocycles. The molecule has 120 valence electrons. The van der Waals surface area contributed by atoms with Crippen LogP contribution in [0.5, 0.6) is 0 Å². The zero-order valence-corrected chi connectivity index (χ0v) is 13.8. The Balaban J connectivity index is 1.82. The second-order valence-electron chi connectivity index (χ2n) is 5.47. The van der Waals surface area contributed by atoms with Gasteiger partial charge in [0.1, 0.15) is 0 Å². The van der Waals surface area contributed by atoms with Gasteiger partial charge in [-0.05, 0) is 48.6 Å². The summed E-state index contributed by atoms with van der Waals surface area (Å²) in [6.07, 6.45) is 2.61. The quantitative estimate of drug-likeness (QED) is 0.650. The predicted octanol–water partition coefficient (Wildman–Crippen LogP) is 3.86. The number of nitrogens with one attached hydrogen (secondary N) is 1. The molecule has 23 heavy (non-hydrogen) atoms. The highest BCUT2D eigenvalue weighted by atomic mass is 16.6. The predicted molar refractivity (Wildman–Crippen MR) is 93.9 cm³/mol. The van der Waals surface area contributed by atoms with E-state index in [2.05, 4.69) is 29.5 Å². The molecule has 0 aromatic heterocycles. The molecule has 2 aromatic rings. The third-order valence-electron chi connectivity index (χ3n) is 3.53. The minimum Gasteiger partial charge on any atom is -0.386 e. The lowest BCUT2D eigenvalue weighted by Gasteiger charge is -2.08. The van der Waals surface area contributed by atoms with Crippen molar-refractivity contribution in [1.29, 1.82) is 0 Å². The molecule has 1 amide bonds. The zero-order chi connectivity index (χ0) is 16.7. The number of nitrogens with zero attached hydrogens (tertiary/aromatic N) is 1. The molecule has 0 aliphatic rings. The van der Waals surface area contributed by atoms with Gasteiger partial charge in [-0.15, -0.1) is 0 Å². The number of hydrogen-bond donors (Lipinski definition) is 1. The summed E-state index contributed by atoms with van der Waals surface area (Å²) in [6.45, 7) is 5.94. The van der Waals surface area contributed by atoms with Gasteiger partial charge in [-0.1, -0.05) is 48.5 Å². The first kappa shape index (κ1) is 16.7. The van der Waals surface area contributed by atoms with E-state index in [1.165, 1.54) is 5.56 Å². The number of oxime groups is 1. The van der Waals surface area contributed by atoms with Gasteiger partial charge in [-0.25, -0.2) is 0 Å². The molecule has 0 radical (unpaired) electrons. The maximum absolute atomic E-state index is 11.9. The molecule has 2 rings (SSSR count). The molecule has 4 nitrogen and oxygen atoms in total. The SMILES string of the molecule is CCc1ccc(/C=N\OCC(=O)Nc2cc(C)ccc2C)cc1. The summed E-state index contributed by atoms with van der Waals surface area (Å²) < 4.78 is 0. The second kappa shape index (κ2) is 8.13. The maximum atomic E-state index is 11.9. The highest BCUT2D eigenvalue weighted by Gasteiger charge is 2.05. The summed E-state index contributed by atoms with van der Waals surface area (Å²) >= 11 is 0. The molecule has 0 unspecified atom stereocenters. The van der Waals surface area contributed by atoms with Crippen LogP contribution in [0.15, 0.2) is 47.6 Å². The van der Waals surface area contributed by atoms with E-state index in [1.807, 2.05) is 44.2 Å². The van der Waals surface area contributed by atoms with Crippen molar-refractivity contribution in [2.45, 2.75) is 27.2 Å². The number of hydrogen-bond acceptors (Lipinski definition) is 3. The van der Waals surface area contributed by atoms with Gasteiger partial charge in [0.25, 0.3) is 5.91 Å². The second-order valence-corrected chi connectivity index (χ2v) is 5.47. The number of carbonyl (C=O) groups is 1. The summed E-state index contributed by atoms with van der Waals surface area (Å²) in [6, 6.07) is 14.0. The van der Waals surface area contributed by atoms with E-state index >= 15 is 0 Å². The van der Waals surface area contributed by atoms with Crippen molar-refractivity contribution in [1.82, 2.24) is 0 Å². The van der Waals surface area contributed by atoms with E-state index in [4.69, 9.17) is 4.84 Å². The molecule has 0 fully saturated rings. The minimum absolute atomic E-state index is 0.114. The Hall–Kier alpha value is -2.62. The third-order valence-corrected chi connectivity index (χ3v) is 3.53. The van der Waals surface area contributed by atoms with Crippen molar-refractivity contribution in [3.05, 3.63) is 64.7 Å². The zero-order valence-electron chi connectivity index (χ0n) is 13.8.